The van der Waals surface area contributed by atoms with Gasteiger partial charge in [-0.2, -0.15) is 0 Å². The number of carbonyl (C=O) groups is 2. The molecule has 0 spiro atoms. The van der Waals surface area contributed by atoms with Crippen molar-refractivity contribution in [3.05, 3.63) is 35.5 Å². The van der Waals surface area contributed by atoms with Gasteiger partial charge >= 0.3 is 6.09 Å². The highest BCUT2D eigenvalue weighted by Gasteiger charge is 2.31. The molecule has 4 heteroatoms. The van der Waals surface area contributed by atoms with Crippen LogP contribution in [0.25, 0.3) is 10.9 Å². The summed E-state index contributed by atoms with van der Waals surface area (Å²) in [4.78, 5) is 24.2. The van der Waals surface area contributed by atoms with Gasteiger partial charge in [-0.25, -0.2) is 9.36 Å². The van der Waals surface area contributed by atoms with Crippen LogP contribution in [0.4, 0.5) is 4.79 Å². The lowest BCUT2D eigenvalue weighted by molar-refractivity contribution is -0.109. The van der Waals surface area contributed by atoms with E-state index in [2.05, 4.69) is 0 Å². The lowest BCUT2D eigenvalue weighted by Crippen LogP contribution is -2.29. The molecule has 22 heavy (non-hydrogen) atoms. The second-order valence-corrected chi connectivity index (χ2v) is 6.83. The van der Waals surface area contributed by atoms with Crippen LogP contribution in [0.2, 0.25) is 0 Å². The fraction of sp³-hybridized carbons (Fsp3) is 0.444. The van der Waals surface area contributed by atoms with E-state index in [4.69, 9.17) is 4.74 Å². The zero-order valence-corrected chi connectivity index (χ0v) is 13.3. The summed E-state index contributed by atoms with van der Waals surface area (Å²) in [5.74, 6) is -0.233. The third-order valence-electron chi connectivity index (χ3n) is 4.05. The number of fused-ring (bicyclic) bond motifs is 3. The molecule has 1 aliphatic carbocycles. The van der Waals surface area contributed by atoms with Gasteiger partial charge in [-0.15, -0.1) is 0 Å². The third-order valence-corrected chi connectivity index (χ3v) is 4.05. The van der Waals surface area contributed by atoms with Gasteiger partial charge in [-0.1, -0.05) is 18.2 Å². The van der Waals surface area contributed by atoms with Crippen molar-refractivity contribution in [3.8, 4) is 0 Å². The number of hydrogen-bond acceptors (Lipinski definition) is 3. The largest absolute Gasteiger partial charge is 0.443 e. The smallest absolute Gasteiger partial charge is 0.419 e. The number of rotatable bonds is 1. The first-order valence-corrected chi connectivity index (χ1v) is 7.73. The molecule has 0 fully saturated rings. The fourth-order valence-electron chi connectivity index (χ4n) is 3.25. The maximum absolute atomic E-state index is 12.7. The third kappa shape index (κ3) is 2.43. The zero-order chi connectivity index (χ0) is 15.9. The van der Waals surface area contributed by atoms with E-state index in [1.54, 1.807) is 4.57 Å². The Balaban J connectivity index is 2.24. The Morgan fingerprint density at radius 1 is 1.32 bits per heavy atom. The van der Waals surface area contributed by atoms with Crippen LogP contribution in [-0.4, -0.2) is 22.5 Å². The Hall–Kier alpha value is -2.10. The number of ether oxygens (including phenoxy) is 1. The summed E-state index contributed by atoms with van der Waals surface area (Å²) in [6, 6.07) is 7.80. The molecule has 0 amide bonds. The molecule has 0 bridgehead atoms. The van der Waals surface area contributed by atoms with E-state index in [1.165, 1.54) is 0 Å². The maximum Gasteiger partial charge on any atom is 0.419 e. The second kappa shape index (κ2) is 5.27. The number of nitrogens with zero attached hydrogens (tertiary/aromatic N) is 1. The number of para-hydroxylation sites is 1. The van der Waals surface area contributed by atoms with Gasteiger partial charge in [0.25, 0.3) is 0 Å². The van der Waals surface area contributed by atoms with Crippen LogP contribution in [0.15, 0.2) is 24.3 Å². The van der Waals surface area contributed by atoms with Crippen molar-refractivity contribution in [1.82, 2.24) is 4.57 Å². The molecule has 0 aliphatic heterocycles. The summed E-state index contributed by atoms with van der Waals surface area (Å²) in [7, 11) is 0. The van der Waals surface area contributed by atoms with Gasteiger partial charge < -0.3 is 9.53 Å². The Kier molecular flexibility index (Phi) is 3.55. The quantitative estimate of drug-likeness (QED) is 0.747. The molecule has 1 aliphatic rings. The molecule has 3 rings (SSSR count). The van der Waals surface area contributed by atoms with Crippen molar-refractivity contribution in [1.29, 1.82) is 0 Å². The first-order chi connectivity index (χ1) is 10.4. The van der Waals surface area contributed by atoms with Crippen molar-refractivity contribution in [2.45, 2.75) is 51.6 Å². The molecule has 2 aromatic rings. The minimum Gasteiger partial charge on any atom is -0.443 e. The van der Waals surface area contributed by atoms with E-state index in [0.717, 1.165) is 47.7 Å². The highest BCUT2D eigenvalue weighted by atomic mass is 16.6. The first kappa shape index (κ1) is 14.8. The molecule has 1 atom stereocenters. The molecule has 0 unspecified atom stereocenters. The monoisotopic (exact) mass is 299 g/mol. The van der Waals surface area contributed by atoms with E-state index < -0.39 is 11.7 Å². The van der Waals surface area contributed by atoms with Crippen LogP contribution in [-0.2, 0) is 16.0 Å². The molecule has 4 nitrogen and oxygen atoms in total. The van der Waals surface area contributed by atoms with E-state index >= 15 is 0 Å². The summed E-state index contributed by atoms with van der Waals surface area (Å²) in [6.07, 6.45) is 3.21. The maximum atomic E-state index is 12.7. The topological polar surface area (TPSA) is 48.3 Å². The molecule has 1 heterocycles. The summed E-state index contributed by atoms with van der Waals surface area (Å²) >= 11 is 0. The predicted molar refractivity (Wildman–Crippen MR) is 85.3 cm³/mol. The lowest BCUT2D eigenvalue weighted by Gasteiger charge is -2.24. The second-order valence-electron chi connectivity index (χ2n) is 6.83. The predicted octanol–water partition coefficient (Wildman–Crippen LogP) is 4.04. The normalized spacial score (nSPS) is 18.0. The van der Waals surface area contributed by atoms with Gasteiger partial charge in [0.15, 0.2) is 0 Å². The van der Waals surface area contributed by atoms with Crippen molar-refractivity contribution < 1.29 is 14.3 Å². The number of aromatic nitrogens is 1. The van der Waals surface area contributed by atoms with Crippen LogP contribution >= 0.6 is 0 Å². The molecule has 1 aromatic heterocycles. The number of carbonyl (C=O) groups excluding carboxylic acids is 2. The number of benzene rings is 1. The molecule has 0 N–H and O–H groups in total. The van der Waals surface area contributed by atoms with Crippen LogP contribution in [0.5, 0.6) is 0 Å². The molecular weight excluding hydrogens is 278 g/mol. The average Bonchev–Trinajstić information content (AvgIpc) is 2.80. The van der Waals surface area contributed by atoms with Gasteiger partial charge in [0.1, 0.15) is 11.9 Å². The van der Waals surface area contributed by atoms with Crippen LogP contribution in [0.1, 0.15) is 50.8 Å². The highest BCUT2D eigenvalue weighted by Crippen LogP contribution is 2.38. The zero-order valence-electron chi connectivity index (χ0n) is 13.3. The van der Waals surface area contributed by atoms with Gasteiger partial charge in [-0.3, -0.25) is 0 Å². The van der Waals surface area contributed by atoms with Gasteiger partial charge in [0.2, 0.25) is 0 Å². The SMILES string of the molecule is CC(C)(C)OC(=O)n1c2c(c3ccccc31)CCC[C@H]2C=O. The summed E-state index contributed by atoms with van der Waals surface area (Å²) < 4.78 is 7.16. The van der Waals surface area contributed by atoms with E-state index in [-0.39, 0.29) is 5.92 Å². The summed E-state index contributed by atoms with van der Waals surface area (Å²) in [5, 5.41) is 1.05. The molecule has 0 radical (unpaired) electrons. The summed E-state index contributed by atoms with van der Waals surface area (Å²) in [6.45, 7) is 5.54. The van der Waals surface area contributed by atoms with Gasteiger partial charge in [-0.05, 0) is 51.7 Å². The van der Waals surface area contributed by atoms with Crippen LogP contribution < -0.4 is 0 Å². The Bertz CT molecular complexity index is 737. The lowest BCUT2D eigenvalue weighted by atomic mass is 9.87. The number of aldehydes is 1. The van der Waals surface area contributed by atoms with Crippen molar-refractivity contribution >= 4 is 23.3 Å². The molecular formula is C18H21NO3. The number of aryl methyl sites for hydroxylation is 1. The molecule has 1 aromatic carbocycles. The standard InChI is InChI=1S/C18H21NO3/c1-18(2,3)22-17(21)19-15-10-5-4-8-13(15)14-9-6-7-12(11-20)16(14)19/h4-5,8,10-12H,6-7,9H2,1-3H3/t12-/m0/s1. The van der Waals surface area contributed by atoms with Gasteiger partial charge in [0, 0.05) is 11.1 Å². The summed E-state index contributed by atoms with van der Waals surface area (Å²) in [5.41, 5.74) is 2.19. The van der Waals surface area contributed by atoms with Crippen molar-refractivity contribution in [2.75, 3.05) is 0 Å². The van der Waals surface area contributed by atoms with Crippen molar-refractivity contribution in [2.24, 2.45) is 0 Å². The molecule has 0 saturated carbocycles. The van der Waals surface area contributed by atoms with E-state index in [0.29, 0.717) is 0 Å². The van der Waals surface area contributed by atoms with Crippen molar-refractivity contribution in [3.63, 3.8) is 0 Å². The minimum atomic E-state index is -0.569. The molecule has 116 valence electrons. The Labute approximate surface area is 130 Å². The first-order valence-electron chi connectivity index (χ1n) is 7.73. The highest BCUT2D eigenvalue weighted by molar-refractivity contribution is 5.95. The minimum absolute atomic E-state index is 0.233. The van der Waals surface area contributed by atoms with E-state index in [1.807, 2.05) is 45.0 Å². The average molecular weight is 299 g/mol. The van der Waals surface area contributed by atoms with Crippen LogP contribution in [0.3, 0.4) is 0 Å². The Morgan fingerprint density at radius 2 is 2.05 bits per heavy atom. The number of hydrogen-bond donors (Lipinski definition) is 0. The van der Waals surface area contributed by atoms with E-state index in [9.17, 15) is 9.59 Å². The fourth-order valence-corrected chi connectivity index (χ4v) is 3.25. The Morgan fingerprint density at radius 3 is 2.73 bits per heavy atom. The molecule has 0 saturated heterocycles. The van der Waals surface area contributed by atoms with Crippen LogP contribution in [0, 0.1) is 0 Å². The van der Waals surface area contributed by atoms with Gasteiger partial charge in [0.05, 0.1) is 11.4 Å².